The lowest BCUT2D eigenvalue weighted by Gasteiger charge is -2.37. The number of hydrogen-bond donors (Lipinski definition) is 1. The average Bonchev–Trinajstić information content (AvgIpc) is 3.34. The van der Waals surface area contributed by atoms with Gasteiger partial charge in [0.05, 0.1) is 11.1 Å². The van der Waals surface area contributed by atoms with E-state index in [0.717, 1.165) is 33.8 Å². The Kier molecular flexibility index (Phi) is 6.19. The molecule has 1 atom stereocenters. The van der Waals surface area contributed by atoms with Gasteiger partial charge < -0.3 is 14.8 Å². The lowest BCUT2D eigenvalue weighted by atomic mass is 9.70. The molecule has 0 aliphatic carbocycles. The Balaban J connectivity index is 1.53. The van der Waals surface area contributed by atoms with Crippen LogP contribution in [0.5, 0.6) is 17.5 Å². The van der Waals surface area contributed by atoms with Crippen LogP contribution in [0, 0.1) is 12.3 Å². The number of rotatable bonds is 5. The topological polar surface area (TPSA) is 99.1 Å². The van der Waals surface area contributed by atoms with E-state index < -0.39 is 5.41 Å². The summed E-state index contributed by atoms with van der Waals surface area (Å²) in [5.41, 5.74) is 4.62. The van der Waals surface area contributed by atoms with E-state index in [1.165, 1.54) is 11.3 Å². The second-order valence-electron chi connectivity index (χ2n) is 10.6. The third-order valence-corrected chi connectivity index (χ3v) is 6.80. The van der Waals surface area contributed by atoms with Gasteiger partial charge in [-0.3, -0.25) is 4.79 Å². The summed E-state index contributed by atoms with van der Waals surface area (Å²) in [7, 11) is 0. The zero-order chi connectivity index (χ0) is 26.4. The Morgan fingerprint density at radius 2 is 1.62 bits per heavy atom. The molecule has 190 valence electrons. The highest BCUT2D eigenvalue weighted by molar-refractivity contribution is 7.13. The summed E-state index contributed by atoms with van der Waals surface area (Å²) in [5.74, 6) is 1.19. The molecule has 1 aromatic carbocycles. The van der Waals surface area contributed by atoms with Crippen LogP contribution in [0.3, 0.4) is 0 Å². The van der Waals surface area contributed by atoms with Crippen LogP contribution in [-0.4, -0.2) is 31.7 Å². The molecule has 0 radical (unpaired) electrons. The number of fused-ring (bicyclic) bond motifs is 2. The van der Waals surface area contributed by atoms with Gasteiger partial charge in [-0.25, -0.2) is 9.97 Å². The molecule has 0 unspecified atom stereocenters. The minimum Gasteiger partial charge on any atom is -0.488 e. The van der Waals surface area contributed by atoms with Crippen molar-refractivity contribution in [3.63, 3.8) is 0 Å². The molecule has 0 spiro atoms. The minimum absolute atomic E-state index is 0.174. The first-order valence-electron chi connectivity index (χ1n) is 12.0. The Bertz CT molecular complexity index is 1440. The molecule has 1 aliphatic rings. The van der Waals surface area contributed by atoms with Gasteiger partial charge in [0, 0.05) is 28.3 Å². The summed E-state index contributed by atoms with van der Waals surface area (Å²) in [5, 5.41) is 11.1. The molecule has 0 saturated carbocycles. The fourth-order valence-electron chi connectivity index (χ4n) is 4.46. The van der Waals surface area contributed by atoms with Crippen LogP contribution in [0.4, 0.5) is 5.13 Å². The maximum absolute atomic E-state index is 13.5. The van der Waals surface area contributed by atoms with Crippen LogP contribution >= 0.6 is 11.3 Å². The van der Waals surface area contributed by atoms with Crippen molar-refractivity contribution >= 4 is 22.4 Å². The molecule has 0 bridgehead atoms. The number of hydrogen-bond acceptors (Lipinski definition) is 8. The van der Waals surface area contributed by atoms with Crippen molar-refractivity contribution in [1.29, 1.82) is 0 Å². The molecule has 0 fully saturated rings. The molecule has 1 N–H and O–H groups in total. The van der Waals surface area contributed by atoms with Crippen LogP contribution in [-0.2, 0) is 4.79 Å². The molecule has 3 aromatic heterocycles. The van der Waals surface area contributed by atoms with Gasteiger partial charge in [0.15, 0.2) is 0 Å². The van der Waals surface area contributed by atoms with Crippen molar-refractivity contribution in [1.82, 2.24) is 20.2 Å². The highest BCUT2D eigenvalue weighted by Gasteiger charge is 2.45. The van der Waals surface area contributed by atoms with E-state index in [-0.39, 0.29) is 17.4 Å². The molecule has 1 amide bonds. The van der Waals surface area contributed by atoms with Gasteiger partial charge in [-0.15, -0.1) is 10.2 Å². The fraction of sp³-hybridized carbons (Fsp3) is 0.321. The molecule has 0 saturated heterocycles. The van der Waals surface area contributed by atoms with Gasteiger partial charge in [0.1, 0.15) is 16.9 Å². The number of nitrogens with one attached hydrogen (secondary N) is 1. The summed E-state index contributed by atoms with van der Waals surface area (Å²) in [6.07, 6.45) is 0. The van der Waals surface area contributed by atoms with Gasteiger partial charge in [-0.2, -0.15) is 0 Å². The third kappa shape index (κ3) is 5.04. The molecule has 8 nitrogen and oxygen atoms in total. The summed E-state index contributed by atoms with van der Waals surface area (Å²) in [4.78, 5) is 23.0. The maximum Gasteiger partial charge on any atom is 0.232 e. The van der Waals surface area contributed by atoms with E-state index in [1.807, 2.05) is 90.1 Å². The number of carbonyl (C=O) groups excluding carboxylic acids is 1. The zero-order valence-corrected chi connectivity index (χ0v) is 22.5. The van der Waals surface area contributed by atoms with E-state index in [4.69, 9.17) is 14.5 Å². The van der Waals surface area contributed by atoms with Crippen molar-refractivity contribution in [2.75, 3.05) is 5.32 Å². The number of ether oxygens (including phenoxy) is 2. The number of amides is 1. The molecule has 4 heterocycles. The van der Waals surface area contributed by atoms with Crippen molar-refractivity contribution in [2.24, 2.45) is 5.41 Å². The smallest absolute Gasteiger partial charge is 0.232 e. The van der Waals surface area contributed by atoms with E-state index >= 15 is 0 Å². The second-order valence-corrected chi connectivity index (χ2v) is 11.5. The number of carbonyl (C=O) groups is 1. The SMILES string of the molecule is Cc1ccc2c(n1)Oc1nc(-c3ccc(OC(C)(C)C)cc3)ccc1[C@H]2C(C)(C)C(=O)Nc1nncs1. The number of anilines is 1. The quantitative estimate of drug-likeness (QED) is 0.329. The van der Waals surface area contributed by atoms with Gasteiger partial charge in [-0.1, -0.05) is 37.3 Å². The van der Waals surface area contributed by atoms with Crippen LogP contribution in [0.2, 0.25) is 0 Å². The molecule has 5 rings (SSSR count). The van der Waals surface area contributed by atoms with E-state index in [9.17, 15) is 4.79 Å². The Hall–Kier alpha value is -3.85. The van der Waals surface area contributed by atoms with Crippen molar-refractivity contribution < 1.29 is 14.3 Å². The first-order valence-corrected chi connectivity index (χ1v) is 12.9. The van der Waals surface area contributed by atoms with Crippen LogP contribution in [0.15, 0.2) is 54.0 Å². The van der Waals surface area contributed by atoms with Gasteiger partial charge in [0.2, 0.25) is 22.8 Å². The monoisotopic (exact) mass is 515 g/mol. The van der Waals surface area contributed by atoms with E-state index in [1.54, 1.807) is 5.51 Å². The van der Waals surface area contributed by atoms with Gasteiger partial charge >= 0.3 is 0 Å². The fourth-order valence-corrected chi connectivity index (χ4v) is 4.90. The van der Waals surface area contributed by atoms with E-state index in [0.29, 0.717) is 16.9 Å². The van der Waals surface area contributed by atoms with Gasteiger partial charge in [-0.05, 0) is 64.1 Å². The van der Waals surface area contributed by atoms with Crippen LogP contribution in [0.1, 0.15) is 57.4 Å². The molecule has 4 aromatic rings. The first-order chi connectivity index (χ1) is 17.5. The molecular formula is C28H29N5O3S. The number of benzene rings is 1. The minimum atomic E-state index is -0.870. The Morgan fingerprint density at radius 1 is 0.946 bits per heavy atom. The summed E-state index contributed by atoms with van der Waals surface area (Å²) >= 11 is 1.28. The Morgan fingerprint density at radius 3 is 2.27 bits per heavy atom. The maximum atomic E-state index is 13.5. The molecule has 9 heteroatoms. The van der Waals surface area contributed by atoms with Crippen LogP contribution < -0.4 is 14.8 Å². The van der Waals surface area contributed by atoms with Crippen LogP contribution in [0.25, 0.3) is 11.3 Å². The average molecular weight is 516 g/mol. The summed E-state index contributed by atoms with van der Waals surface area (Å²) in [6, 6.07) is 15.7. The standard InChI is InChI=1S/C28H29N5O3S/c1-16-7-12-19-22(28(5,6)25(34)32-26-33-29-15-37-26)20-13-14-21(31-24(20)35-23(19)30-16)17-8-10-18(11-9-17)36-27(2,3)4/h7-15,22H,1-6H3,(H,32,33,34)/t22-/m0/s1. The third-order valence-electron chi connectivity index (χ3n) is 6.20. The molecule has 37 heavy (non-hydrogen) atoms. The Labute approximate surface area is 220 Å². The highest BCUT2D eigenvalue weighted by atomic mass is 32.1. The van der Waals surface area contributed by atoms with Gasteiger partial charge in [0.25, 0.3) is 0 Å². The largest absolute Gasteiger partial charge is 0.488 e. The number of nitrogens with zero attached hydrogens (tertiary/aromatic N) is 4. The predicted octanol–water partition coefficient (Wildman–Crippen LogP) is 6.38. The zero-order valence-electron chi connectivity index (χ0n) is 21.7. The number of aromatic nitrogens is 4. The first kappa shape index (κ1) is 24.8. The lowest BCUT2D eigenvalue weighted by molar-refractivity contribution is -0.124. The summed E-state index contributed by atoms with van der Waals surface area (Å²) < 4.78 is 12.2. The number of pyridine rings is 2. The second kappa shape index (κ2) is 9.23. The normalized spacial score (nSPS) is 14.8. The van der Waals surface area contributed by atoms with Crippen molar-refractivity contribution in [3.05, 3.63) is 70.9 Å². The predicted molar refractivity (Wildman–Crippen MR) is 143 cm³/mol. The molecular weight excluding hydrogens is 486 g/mol. The van der Waals surface area contributed by atoms with Crippen molar-refractivity contribution in [3.8, 4) is 28.8 Å². The highest BCUT2D eigenvalue weighted by Crippen LogP contribution is 2.51. The number of aryl methyl sites for hydroxylation is 1. The van der Waals surface area contributed by atoms with E-state index in [2.05, 4.69) is 20.5 Å². The summed E-state index contributed by atoms with van der Waals surface area (Å²) in [6.45, 7) is 11.8. The van der Waals surface area contributed by atoms with Crippen molar-refractivity contribution in [2.45, 2.75) is 53.1 Å². The lowest BCUT2D eigenvalue weighted by Crippen LogP contribution is -2.38. The molecule has 1 aliphatic heterocycles.